The number of nitrogens with one attached hydrogen (secondary N) is 2. The van der Waals surface area contributed by atoms with Gasteiger partial charge in [-0.15, -0.1) is 0 Å². The maximum atomic E-state index is 12.0. The van der Waals surface area contributed by atoms with E-state index in [1.54, 1.807) is 11.9 Å². The normalized spacial score (nSPS) is 14.5. The van der Waals surface area contributed by atoms with Crippen LogP contribution in [0.15, 0.2) is 0 Å². The molecule has 1 aromatic rings. The number of carbonyl (C=O) groups is 1. The second kappa shape index (κ2) is 6.06. The highest BCUT2D eigenvalue weighted by Gasteiger charge is 2.21. The predicted octanol–water partition coefficient (Wildman–Crippen LogP) is 1.92. The van der Waals surface area contributed by atoms with Gasteiger partial charge in [0, 0.05) is 20.2 Å². The Bertz CT molecular complexity index is 420. The van der Waals surface area contributed by atoms with Crippen molar-refractivity contribution in [1.29, 1.82) is 0 Å². The first-order chi connectivity index (χ1) is 9.08. The molecule has 1 saturated carbocycles. The van der Waals surface area contributed by atoms with Crippen molar-refractivity contribution in [2.24, 2.45) is 5.92 Å². The second-order valence-electron chi connectivity index (χ2n) is 5.18. The third-order valence-electron chi connectivity index (χ3n) is 3.33. The number of anilines is 1. The first kappa shape index (κ1) is 13.9. The lowest BCUT2D eigenvalue weighted by Gasteiger charge is -2.18. The number of nitrogens with zero attached hydrogens (tertiary/aromatic N) is 2. The number of hydrogen-bond donors (Lipinski definition) is 2. The van der Waals surface area contributed by atoms with Gasteiger partial charge in [0.05, 0.1) is 23.7 Å². The van der Waals surface area contributed by atoms with Crippen LogP contribution in [0.5, 0.6) is 0 Å². The van der Waals surface area contributed by atoms with Gasteiger partial charge in [0.25, 0.3) is 0 Å². The summed E-state index contributed by atoms with van der Waals surface area (Å²) in [7, 11) is 1.76. The fourth-order valence-electron chi connectivity index (χ4n) is 1.77. The number of aromatic amines is 1. The molecule has 1 aromatic heterocycles. The molecule has 1 aliphatic rings. The SMILES string of the molecule is Cc1n[nH]c(C)c1NC(=O)N(C)CCOCC1CC1. The van der Waals surface area contributed by atoms with E-state index in [2.05, 4.69) is 15.5 Å². The van der Waals surface area contributed by atoms with Crippen LogP contribution >= 0.6 is 0 Å². The van der Waals surface area contributed by atoms with E-state index in [-0.39, 0.29) is 6.03 Å². The van der Waals surface area contributed by atoms with Gasteiger partial charge in [0.15, 0.2) is 0 Å². The Balaban J connectivity index is 1.72. The summed E-state index contributed by atoms with van der Waals surface area (Å²) < 4.78 is 5.52. The third kappa shape index (κ3) is 3.96. The quantitative estimate of drug-likeness (QED) is 0.773. The number of rotatable bonds is 6. The topological polar surface area (TPSA) is 70.2 Å². The summed E-state index contributed by atoms with van der Waals surface area (Å²) in [6.45, 7) is 5.75. The molecule has 0 unspecified atom stereocenters. The van der Waals surface area contributed by atoms with Crippen LogP contribution in [-0.2, 0) is 4.74 Å². The van der Waals surface area contributed by atoms with Gasteiger partial charge < -0.3 is 15.0 Å². The molecule has 19 heavy (non-hydrogen) atoms. The summed E-state index contributed by atoms with van der Waals surface area (Å²) in [4.78, 5) is 13.6. The monoisotopic (exact) mass is 266 g/mol. The van der Waals surface area contributed by atoms with Crippen molar-refractivity contribution in [3.63, 3.8) is 0 Å². The van der Waals surface area contributed by atoms with Gasteiger partial charge in [-0.05, 0) is 32.6 Å². The number of H-pyrrole nitrogens is 1. The minimum Gasteiger partial charge on any atom is -0.379 e. The molecule has 1 heterocycles. The Hall–Kier alpha value is -1.56. The first-order valence-electron chi connectivity index (χ1n) is 6.69. The third-order valence-corrected chi connectivity index (χ3v) is 3.33. The summed E-state index contributed by atoms with van der Waals surface area (Å²) in [5.41, 5.74) is 2.42. The molecule has 0 aromatic carbocycles. The Morgan fingerprint density at radius 2 is 2.26 bits per heavy atom. The zero-order valence-corrected chi connectivity index (χ0v) is 11.8. The highest BCUT2D eigenvalue weighted by molar-refractivity contribution is 5.90. The molecule has 6 heteroatoms. The summed E-state index contributed by atoms with van der Waals surface area (Å²) in [6, 6.07) is -0.136. The van der Waals surface area contributed by atoms with Crippen molar-refractivity contribution in [2.45, 2.75) is 26.7 Å². The molecule has 106 valence electrons. The number of likely N-dealkylation sites (N-methyl/N-ethyl adjacent to an activating group) is 1. The lowest BCUT2D eigenvalue weighted by molar-refractivity contribution is 0.109. The van der Waals surface area contributed by atoms with E-state index >= 15 is 0 Å². The van der Waals surface area contributed by atoms with E-state index in [9.17, 15) is 4.79 Å². The molecular weight excluding hydrogens is 244 g/mol. The molecule has 1 fully saturated rings. The molecule has 2 rings (SSSR count). The van der Waals surface area contributed by atoms with Crippen molar-refractivity contribution in [3.8, 4) is 0 Å². The molecule has 0 spiro atoms. The standard InChI is InChI=1S/C13H22N4O2/c1-9-12(10(2)16-15-9)14-13(18)17(3)6-7-19-8-11-4-5-11/h11H,4-8H2,1-3H3,(H,14,18)(H,15,16). The van der Waals surface area contributed by atoms with E-state index < -0.39 is 0 Å². The van der Waals surface area contributed by atoms with E-state index in [1.165, 1.54) is 12.8 Å². The Morgan fingerprint density at radius 3 is 2.84 bits per heavy atom. The molecule has 0 atom stereocenters. The van der Waals surface area contributed by atoms with Gasteiger partial charge in [-0.25, -0.2) is 4.79 Å². The van der Waals surface area contributed by atoms with Crippen LogP contribution in [0.2, 0.25) is 0 Å². The van der Waals surface area contributed by atoms with Gasteiger partial charge in [-0.2, -0.15) is 5.10 Å². The average Bonchev–Trinajstić information content (AvgIpc) is 3.16. The van der Waals surface area contributed by atoms with Gasteiger partial charge in [0.2, 0.25) is 0 Å². The summed E-state index contributed by atoms with van der Waals surface area (Å²) in [5.74, 6) is 0.760. The van der Waals surface area contributed by atoms with E-state index in [1.807, 2.05) is 13.8 Å². The Morgan fingerprint density at radius 1 is 1.53 bits per heavy atom. The molecule has 2 N–H and O–H groups in total. The number of aromatic nitrogens is 2. The van der Waals surface area contributed by atoms with Crippen LogP contribution in [0.1, 0.15) is 24.2 Å². The highest BCUT2D eigenvalue weighted by atomic mass is 16.5. The minimum atomic E-state index is -0.136. The van der Waals surface area contributed by atoms with E-state index in [0.717, 1.165) is 29.6 Å². The van der Waals surface area contributed by atoms with Crippen LogP contribution < -0.4 is 5.32 Å². The zero-order chi connectivity index (χ0) is 13.8. The fourth-order valence-corrected chi connectivity index (χ4v) is 1.77. The van der Waals surface area contributed by atoms with Crippen LogP contribution in [-0.4, -0.2) is 47.9 Å². The number of amides is 2. The summed E-state index contributed by atoms with van der Waals surface area (Å²) in [6.07, 6.45) is 2.57. The van der Waals surface area contributed by atoms with Crippen LogP contribution in [0.4, 0.5) is 10.5 Å². The zero-order valence-electron chi connectivity index (χ0n) is 11.8. The number of aryl methyl sites for hydroxylation is 2. The number of carbonyl (C=O) groups excluding carboxylic acids is 1. The van der Waals surface area contributed by atoms with Crippen LogP contribution in [0.3, 0.4) is 0 Å². The summed E-state index contributed by atoms with van der Waals surface area (Å²) in [5, 5.41) is 9.75. The van der Waals surface area contributed by atoms with Crippen molar-refractivity contribution < 1.29 is 9.53 Å². The highest BCUT2D eigenvalue weighted by Crippen LogP contribution is 2.28. The number of hydrogen-bond acceptors (Lipinski definition) is 3. The molecule has 1 aliphatic carbocycles. The van der Waals surface area contributed by atoms with Crippen molar-refractivity contribution in [3.05, 3.63) is 11.4 Å². The summed E-state index contributed by atoms with van der Waals surface area (Å²) >= 11 is 0. The van der Waals surface area contributed by atoms with Crippen molar-refractivity contribution in [1.82, 2.24) is 15.1 Å². The number of urea groups is 1. The largest absolute Gasteiger partial charge is 0.379 e. The second-order valence-corrected chi connectivity index (χ2v) is 5.18. The fraction of sp³-hybridized carbons (Fsp3) is 0.692. The molecule has 2 amide bonds. The number of ether oxygens (including phenoxy) is 1. The van der Waals surface area contributed by atoms with Gasteiger partial charge in [-0.3, -0.25) is 5.10 Å². The van der Waals surface area contributed by atoms with Gasteiger partial charge >= 0.3 is 6.03 Å². The molecule has 0 bridgehead atoms. The molecule has 0 radical (unpaired) electrons. The molecule has 0 aliphatic heterocycles. The molecule has 0 saturated heterocycles. The van der Waals surface area contributed by atoms with Gasteiger partial charge in [-0.1, -0.05) is 0 Å². The Labute approximate surface area is 113 Å². The average molecular weight is 266 g/mol. The van der Waals surface area contributed by atoms with Gasteiger partial charge in [0.1, 0.15) is 0 Å². The predicted molar refractivity (Wildman–Crippen MR) is 73.3 cm³/mol. The smallest absolute Gasteiger partial charge is 0.321 e. The lowest BCUT2D eigenvalue weighted by Crippen LogP contribution is -2.34. The maximum Gasteiger partial charge on any atom is 0.321 e. The van der Waals surface area contributed by atoms with E-state index in [0.29, 0.717) is 13.2 Å². The van der Waals surface area contributed by atoms with E-state index in [4.69, 9.17) is 4.74 Å². The maximum absolute atomic E-state index is 12.0. The first-order valence-corrected chi connectivity index (χ1v) is 6.69. The van der Waals surface area contributed by atoms with Crippen molar-refractivity contribution >= 4 is 11.7 Å². The molecule has 6 nitrogen and oxygen atoms in total. The molecular formula is C13H22N4O2. The van der Waals surface area contributed by atoms with Crippen LogP contribution in [0.25, 0.3) is 0 Å². The minimum absolute atomic E-state index is 0.136. The van der Waals surface area contributed by atoms with Crippen molar-refractivity contribution in [2.75, 3.05) is 32.1 Å². The lowest BCUT2D eigenvalue weighted by atomic mass is 10.3. The Kier molecular flexibility index (Phi) is 4.42. The van der Waals surface area contributed by atoms with Crippen LogP contribution in [0, 0.1) is 19.8 Å².